The summed E-state index contributed by atoms with van der Waals surface area (Å²) < 4.78 is 70.3. The number of pyridine rings is 1. The van der Waals surface area contributed by atoms with E-state index in [1.807, 2.05) is 0 Å². The number of nitrogens with zero attached hydrogens (tertiary/aromatic N) is 3. The van der Waals surface area contributed by atoms with Crippen molar-refractivity contribution in [2.24, 2.45) is 0 Å². The van der Waals surface area contributed by atoms with Gasteiger partial charge in [-0.15, -0.1) is 0 Å². The fourth-order valence-corrected chi connectivity index (χ4v) is 2.33. The zero-order chi connectivity index (χ0) is 23.7. The van der Waals surface area contributed by atoms with Gasteiger partial charge < -0.3 is 20.1 Å². The van der Waals surface area contributed by atoms with Gasteiger partial charge in [0.1, 0.15) is 17.9 Å². The quantitative estimate of drug-likeness (QED) is 0.753. The lowest BCUT2D eigenvalue weighted by Gasteiger charge is -2.20. The third-order valence-corrected chi connectivity index (χ3v) is 3.14. The maximum absolute atomic E-state index is 10.5. The first-order chi connectivity index (χ1) is 13.9. The third kappa shape index (κ3) is 3.00. The summed E-state index contributed by atoms with van der Waals surface area (Å²) in [4.78, 5) is 8.24. The standard InChI is InChI=1S/C17H22N4O2/c1-4-23-9-13-20-14-15(21(13)10-17(2,3)22)11-7-5-6-8-12(11)19-16(14)18/h5-8,22H,4,9-10H2,1-3H3,(H2,18,19)/i4D2,5D,6D,7D,8D,9D2. The number of aliphatic hydroxyl groups is 1. The van der Waals surface area contributed by atoms with E-state index in [4.69, 9.17) is 21.4 Å². The number of nitrogens with two attached hydrogens (primary N) is 1. The molecule has 1 aromatic carbocycles. The van der Waals surface area contributed by atoms with Gasteiger partial charge in [0, 0.05) is 11.9 Å². The molecule has 0 unspecified atom stereocenters. The van der Waals surface area contributed by atoms with Gasteiger partial charge >= 0.3 is 0 Å². The maximum Gasteiger partial charge on any atom is 0.152 e. The number of imidazole rings is 1. The first-order valence-electron chi connectivity index (χ1n) is 10.9. The molecule has 3 rings (SSSR count). The van der Waals surface area contributed by atoms with Crippen molar-refractivity contribution in [3.05, 3.63) is 30.0 Å². The van der Waals surface area contributed by atoms with Crippen LogP contribution in [0.1, 0.15) is 37.6 Å². The van der Waals surface area contributed by atoms with E-state index in [1.165, 1.54) is 18.4 Å². The topological polar surface area (TPSA) is 86.2 Å². The second-order valence-corrected chi connectivity index (χ2v) is 5.66. The lowest BCUT2D eigenvalue weighted by molar-refractivity contribution is 0.0582. The van der Waals surface area contributed by atoms with Crippen molar-refractivity contribution in [2.45, 2.75) is 39.5 Å². The second kappa shape index (κ2) is 5.79. The highest BCUT2D eigenvalue weighted by Crippen LogP contribution is 2.30. The summed E-state index contributed by atoms with van der Waals surface area (Å²) >= 11 is 0. The Balaban J connectivity index is 2.55. The van der Waals surface area contributed by atoms with Gasteiger partial charge in [0.15, 0.2) is 5.82 Å². The normalized spacial score (nSPS) is 18.6. The molecule has 0 spiro atoms. The summed E-state index contributed by atoms with van der Waals surface area (Å²) in [5, 5.41) is 10.4. The van der Waals surface area contributed by atoms with Crippen molar-refractivity contribution >= 4 is 27.8 Å². The van der Waals surface area contributed by atoms with Crippen LogP contribution < -0.4 is 5.73 Å². The first-order valence-corrected chi connectivity index (χ1v) is 6.93. The highest BCUT2D eigenvalue weighted by Gasteiger charge is 2.22. The molecule has 6 heteroatoms. The summed E-state index contributed by atoms with van der Waals surface area (Å²) in [6.07, 6.45) is 0. The smallest absolute Gasteiger partial charge is 0.152 e. The number of fused-ring (bicyclic) bond motifs is 3. The van der Waals surface area contributed by atoms with Gasteiger partial charge in [-0.3, -0.25) is 0 Å². The van der Waals surface area contributed by atoms with Gasteiger partial charge in [0.25, 0.3) is 0 Å². The lowest BCUT2D eigenvalue weighted by Crippen LogP contribution is -2.27. The monoisotopic (exact) mass is 322 g/mol. The molecular weight excluding hydrogens is 292 g/mol. The van der Waals surface area contributed by atoms with Crippen molar-refractivity contribution < 1.29 is 20.8 Å². The number of rotatable bonds is 5. The van der Waals surface area contributed by atoms with Crippen LogP contribution in [0.3, 0.4) is 0 Å². The predicted octanol–water partition coefficient (Wildman–Crippen LogP) is 2.47. The van der Waals surface area contributed by atoms with E-state index in [9.17, 15) is 5.11 Å². The molecule has 0 aliphatic carbocycles. The average molecular weight is 322 g/mol. The zero-order valence-corrected chi connectivity index (χ0v) is 13.0. The van der Waals surface area contributed by atoms with E-state index in [1.54, 1.807) is 0 Å². The Labute approximate surface area is 146 Å². The van der Waals surface area contributed by atoms with Gasteiger partial charge in [-0.2, -0.15) is 0 Å². The van der Waals surface area contributed by atoms with Crippen LogP contribution in [0.4, 0.5) is 5.82 Å². The Morgan fingerprint density at radius 1 is 1.39 bits per heavy atom. The van der Waals surface area contributed by atoms with Crippen LogP contribution in [-0.2, 0) is 17.8 Å². The Morgan fingerprint density at radius 2 is 2.13 bits per heavy atom. The van der Waals surface area contributed by atoms with Crippen LogP contribution in [0.5, 0.6) is 0 Å². The zero-order valence-electron chi connectivity index (χ0n) is 21.0. The van der Waals surface area contributed by atoms with Crippen LogP contribution in [0.25, 0.3) is 21.9 Å². The van der Waals surface area contributed by atoms with Crippen LogP contribution >= 0.6 is 0 Å². The molecule has 3 N–H and O–H groups in total. The molecule has 2 heterocycles. The van der Waals surface area contributed by atoms with E-state index in [0.717, 1.165) is 6.92 Å². The van der Waals surface area contributed by atoms with Crippen LogP contribution in [0.15, 0.2) is 24.2 Å². The number of anilines is 1. The molecule has 0 saturated carbocycles. The first kappa shape index (κ1) is 8.61. The summed E-state index contributed by atoms with van der Waals surface area (Å²) in [7, 11) is 0. The van der Waals surface area contributed by atoms with Crippen molar-refractivity contribution in [3.8, 4) is 0 Å². The Bertz CT molecular complexity index is 1200. The fourth-order valence-electron chi connectivity index (χ4n) is 2.33. The number of aromatic nitrogens is 3. The summed E-state index contributed by atoms with van der Waals surface area (Å²) in [6.45, 7) is -1.45. The average Bonchev–Trinajstić information content (AvgIpc) is 2.95. The molecule has 0 fully saturated rings. The Hall–Kier alpha value is -2.18. The van der Waals surface area contributed by atoms with Gasteiger partial charge in [0.05, 0.1) is 34.1 Å². The highest BCUT2D eigenvalue weighted by molar-refractivity contribution is 6.06. The molecule has 0 aliphatic rings. The molecule has 3 aromatic rings. The minimum atomic E-state index is -2.77. The molecule has 0 bridgehead atoms. The number of hydrogen-bond acceptors (Lipinski definition) is 5. The number of hydrogen-bond donors (Lipinski definition) is 2. The molecule has 0 amide bonds. The molecule has 6 nitrogen and oxygen atoms in total. The van der Waals surface area contributed by atoms with Crippen LogP contribution in [0, 0.1) is 0 Å². The second-order valence-electron chi connectivity index (χ2n) is 5.66. The molecule has 23 heavy (non-hydrogen) atoms. The molecule has 0 radical (unpaired) electrons. The van der Waals surface area contributed by atoms with E-state index < -0.39 is 48.7 Å². The van der Waals surface area contributed by atoms with E-state index >= 15 is 0 Å². The van der Waals surface area contributed by atoms with E-state index in [2.05, 4.69) is 9.97 Å². The Morgan fingerprint density at radius 3 is 2.83 bits per heavy atom. The number of ether oxygens (including phenoxy) is 1. The van der Waals surface area contributed by atoms with Gasteiger partial charge in [0.2, 0.25) is 0 Å². The molecule has 2 aromatic heterocycles. The van der Waals surface area contributed by atoms with Gasteiger partial charge in [-0.05, 0) is 26.8 Å². The van der Waals surface area contributed by atoms with Crippen molar-refractivity contribution in [3.63, 3.8) is 0 Å². The minimum absolute atomic E-state index is 0.0377. The summed E-state index contributed by atoms with van der Waals surface area (Å²) in [5.74, 6) is -0.637. The molecular formula is C17H22N4O2. The minimum Gasteiger partial charge on any atom is -0.389 e. The summed E-state index contributed by atoms with van der Waals surface area (Å²) in [6, 6.07) is -1.88. The van der Waals surface area contributed by atoms with Crippen molar-refractivity contribution in [1.82, 2.24) is 14.5 Å². The fraction of sp³-hybridized carbons (Fsp3) is 0.412. The SMILES string of the molecule is [2H]c1c([2H])c([2H])c2c(nc(N)c3nc(C([2H])([2H])OC([2H])([2H])C)n(CC(C)(C)O)c32)c1[2H]. The van der Waals surface area contributed by atoms with Crippen LogP contribution in [-0.4, -0.2) is 31.8 Å². The Kier molecular flexibility index (Phi) is 2.17. The highest BCUT2D eigenvalue weighted by atomic mass is 16.5. The number of nitrogen functional groups attached to an aromatic ring is 1. The lowest BCUT2D eigenvalue weighted by atomic mass is 10.1. The molecule has 0 saturated heterocycles. The van der Waals surface area contributed by atoms with E-state index in [-0.39, 0.29) is 34.3 Å². The molecule has 0 atom stereocenters. The van der Waals surface area contributed by atoms with E-state index in [0.29, 0.717) is 0 Å². The van der Waals surface area contributed by atoms with Crippen molar-refractivity contribution in [2.75, 3.05) is 12.3 Å². The maximum atomic E-state index is 10.5. The van der Waals surface area contributed by atoms with Crippen LogP contribution in [0.2, 0.25) is 0 Å². The largest absolute Gasteiger partial charge is 0.389 e. The third-order valence-electron chi connectivity index (χ3n) is 3.14. The van der Waals surface area contributed by atoms with Gasteiger partial charge in [-0.1, -0.05) is 18.1 Å². The number of benzene rings is 1. The van der Waals surface area contributed by atoms with Gasteiger partial charge in [-0.25, -0.2) is 9.97 Å². The van der Waals surface area contributed by atoms with Crippen molar-refractivity contribution in [1.29, 1.82) is 0 Å². The number of para-hydroxylation sites is 1. The predicted molar refractivity (Wildman–Crippen MR) is 91.1 cm³/mol. The summed E-state index contributed by atoms with van der Waals surface area (Å²) in [5.41, 5.74) is 4.45. The molecule has 122 valence electrons. The molecule has 0 aliphatic heterocycles.